The van der Waals surface area contributed by atoms with Crippen LogP contribution in [-0.2, 0) is 0 Å². The molecule has 2 atom stereocenters. The summed E-state index contributed by atoms with van der Waals surface area (Å²) in [4.78, 5) is 6.32. The van der Waals surface area contributed by atoms with E-state index in [9.17, 15) is 4.39 Å². The number of methoxy groups -OCH3 is 1. The summed E-state index contributed by atoms with van der Waals surface area (Å²) in [5.41, 5.74) is 6.72. The van der Waals surface area contributed by atoms with Crippen molar-refractivity contribution >= 4 is 22.6 Å². The first-order valence-corrected chi connectivity index (χ1v) is 7.43. The molecule has 120 valence electrons. The summed E-state index contributed by atoms with van der Waals surface area (Å²) in [5, 5.41) is 7.53. The lowest BCUT2D eigenvalue weighted by atomic mass is 10.0. The maximum atomic E-state index is 13.6. The van der Waals surface area contributed by atoms with Crippen LogP contribution < -0.4 is 10.5 Å². The topological polar surface area (TPSA) is 74.7 Å². The molecule has 1 aliphatic rings. The second-order valence-corrected chi connectivity index (χ2v) is 5.69. The molecule has 0 aliphatic carbocycles. The van der Waals surface area contributed by atoms with E-state index in [-0.39, 0.29) is 23.1 Å². The first-order valence-electron chi connectivity index (χ1n) is 7.06. The van der Waals surface area contributed by atoms with Gasteiger partial charge in [-0.25, -0.2) is 4.39 Å². The highest BCUT2D eigenvalue weighted by atomic mass is 35.5. The summed E-state index contributed by atoms with van der Waals surface area (Å²) in [6.45, 7) is 3.19. The summed E-state index contributed by atoms with van der Waals surface area (Å²) >= 11 is 5.74. The molecule has 0 spiro atoms. The van der Waals surface area contributed by atoms with Gasteiger partial charge in [0, 0.05) is 24.6 Å². The van der Waals surface area contributed by atoms with Crippen molar-refractivity contribution in [2.24, 2.45) is 10.7 Å². The summed E-state index contributed by atoms with van der Waals surface area (Å²) in [6, 6.07) is 4.05. The normalized spacial score (nSPS) is 20.4. The van der Waals surface area contributed by atoms with Crippen molar-refractivity contribution in [1.29, 1.82) is 5.41 Å². The van der Waals surface area contributed by atoms with Crippen molar-refractivity contribution in [3.63, 3.8) is 0 Å². The number of hydrogen-bond donors (Lipinski definition) is 2. The summed E-state index contributed by atoms with van der Waals surface area (Å²) in [7, 11) is 1.56. The fourth-order valence-electron chi connectivity index (χ4n) is 2.79. The van der Waals surface area contributed by atoms with Crippen molar-refractivity contribution in [3.8, 4) is 5.75 Å². The van der Waals surface area contributed by atoms with Gasteiger partial charge in [-0.2, -0.15) is 0 Å². The van der Waals surface area contributed by atoms with Gasteiger partial charge < -0.3 is 10.5 Å². The van der Waals surface area contributed by atoms with Gasteiger partial charge in [0.15, 0.2) is 0 Å². The van der Waals surface area contributed by atoms with Gasteiger partial charge in [-0.1, -0.05) is 11.6 Å². The van der Waals surface area contributed by atoms with Crippen molar-refractivity contribution < 1.29 is 9.13 Å². The van der Waals surface area contributed by atoms with E-state index in [2.05, 4.69) is 9.89 Å². The highest BCUT2D eigenvalue weighted by Gasteiger charge is 2.31. The Kier molecular flexibility index (Phi) is 5.37. The smallest absolute Gasteiger partial charge is 0.123 e. The molecule has 0 amide bonds. The first kappa shape index (κ1) is 16.7. The van der Waals surface area contributed by atoms with Gasteiger partial charge in [-0.05, 0) is 25.1 Å². The fraction of sp³-hybridized carbons (Fsp3) is 0.467. The van der Waals surface area contributed by atoms with E-state index in [1.54, 1.807) is 13.2 Å². The molecule has 1 aromatic rings. The Labute approximate surface area is 134 Å². The molecule has 0 fully saturated rings. The number of nitrogens with zero attached hydrogens (tertiary/aromatic N) is 2. The molecule has 1 heterocycles. The number of nitrogens with one attached hydrogen (secondary N) is 1. The van der Waals surface area contributed by atoms with E-state index < -0.39 is 0 Å². The number of halogens is 2. The van der Waals surface area contributed by atoms with E-state index in [0.29, 0.717) is 31.1 Å². The highest BCUT2D eigenvalue weighted by molar-refractivity contribution is 6.64. The molecule has 0 saturated carbocycles. The van der Waals surface area contributed by atoms with Crippen LogP contribution in [0.2, 0.25) is 0 Å². The van der Waals surface area contributed by atoms with Gasteiger partial charge >= 0.3 is 0 Å². The van der Waals surface area contributed by atoms with Crippen molar-refractivity contribution in [2.75, 3.05) is 20.2 Å². The van der Waals surface area contributed by atoms with E-state index in [1.165, 1.54) is 12.1 Å². The van der Waals surface area contributed by atoms with Crippen LogP contribution in [0, 0.1) is 11.2 Å². The minimum Gasteiger partial charge on any atom is -0.496 e. The van der Waals surface area contributed by atoms with Crippen LogP contribution in [-0.4, -0.2) is 42.1 Å². The zero-order valence-electron chi connectivity index (χ0n) is 12.6. The Balaban J connectivity index is 2.34. The molecule has 2 rings (SSSR count). The molecular formula is C15H20ClFN4O. The lowest BCUT2D eigenvalue weighted by Gasteiger charge is -2.38. The highest BCUT2D eigenvalue weighted by Crippen LogP contribution is 2.32. The average molecular weight is 327 g/mol. The standard InChI is InChI=1S/C15H20ClFN4O/c1-9(11-7-10(17)3-4-13(11)22-2)21-6-5-20-15(19)12(21)8-14(16)18/h3-4,7,9,12,18H,5-6,8H2,1-2H3,(H2,19,20). The van der Waals surface area contributed by atoms with Crippen LogP contribution in [0.3, 0.4) is 0 Å². The summed E-state index contributed by atoms with van der Waals surface area (Å²) < 4.78 is 18.9. The molecule has 1 aliphatic heterocycles. The van der Waals surface area contributed by atoms with Crippen molar-refractivity contribution in [2.45, 2.75) is 25.4 Å². The quantitative estimate of drug-likeness (QED) is 0.816. The van der Waals surface area contributed by atoms with Crippen molar-refractivity contribution in [3.05, 3.63) is 29.6 Å². The van der Waals surface area contributed by atoms with Crippen LogP contribution in [0.4, 0.5) is 4.39 Å². The third-order valence-corrected chi connectivity index (χ3v) is 4.06. The second-order valence-electron chi connectivity index (χ2n) is 5.23. The fourth-order valence-corrected chi connectivity index (χ4v) is 2.94. The average Bonchev–Trinajstić information content (AvgIpc) is 2.48. The van der Waals surface area contributed by atoms with Crippen LogP contribution >= 0.6 is 11.6 Å². The summed E-state index contributed by atoms with van der Waals surface area (Å²) in [5.74, 6) is 0.761. The van der Waals surface area contributed by atoms with Gasteiger partial charge in [-0.3, -0.25) is 15.3 Å². The molecule has 5 nitrogen and oxygen atoms in total. The lowest BCUT2D eigenvalue weighted by molar-refractivity contribution is 0.178. The predicted octanol–water partition coefficient (Wildman–Crippen LogP) is 2.54. The van der Waals surface area contributed by atoms with Gasteiger partial charge in [0.05, 0.1) is 24.9 Å². The number of nitrogens with two attached hydrogens (primary N) is 1. The number of ether oxygens (including phenoxy) is 1. The van der Waals surface area contributed by atoms with E-state index in [4.69, 9.17) is 27.5 Å². The molecule has 7 heteroatoms. The molecule has 0 saturated heterocycles. The monoisotopic (exact) mass is 326 g/mol. The number of aliphatic imine (C=N–C) groups is 1. The molecule has 1 aromatic carbocycles. The third kappa shape index (κ3) is 3.56. The van der Waals surface area contributed by atoms with Gasteiger partial charge in [0.1, 0.15) is 17.4 Å². The minimum atomic E-state index is -0.317. The number of amidine groups is 1. The lowest BCUT2D eigenvalue weighted by Crippen LogP contribution is -2.50. The molecule has 0 radical (unpaired) electrons. The van der Waals surface area contributed by atoms with Crippen LogP contribution in [0.1, 0.15) is 24.9 Å². The Morgan fingerprint density at radius 2 is 2.36 bits per heavy atom. The number of rotatable bonds is 5. The van der Waals surface area contributed by atoms with Gasteiger partial charge in [0.25, 0.3) is 0 Å². The van der Waals surface area contributed by atoms with Crippen molar-refractivity contribution in [1.82, 2.24) is 4.90 Å². The SMILES string of the molecule is COc1ccc(F)cc1C(C)N1CCN=C(N)C1CC(=N)Cl. The molecule has 0 aromatic heterocycles. The van der Waals surface area contributed by atoms with Gasteiger partial charge in [-0.15, -0.1) is 0 Å². The largest absolute Gasteiger partial charge is 0.496 e. The molecule has 2 unspecified atom stereocenters. The Morgan fingerprint density at radius 3 is 3.00 bits per heavy atom. The molecule has 22 heavy (non-hydrogen) atoms. The van der Waals surface area contributed by atoms with Gasteiger partial charge in [0.2, 0.25) is 0 Å². The predicted molar refractivity (Wildman–Crippen MR) is 86.5 cm³/mol. The second kappa shape index (κ2) is 7.07. The first-order chi connectivity index (χ1) is 10.4. The third-order valence-electron chi connectivity index (χ3n) is 3.91. The maximum absolute atomic E-state index is 13.6. The van der Waals surface area contributed by atoms with E-state index >= 15 is 0 Å². The Bertz CT molecular complexity index is 593. The van der Waals surface area contributed by atoms with E-state index in [0.717, 1.165) is 5.56 Å². The van der Waals surface area contributed by atoms with Crippen LogP contribution in [0.25, 0.3) is 0 Å². The zero-order chi connectivity index (χ0) is 16.3. The molecule has 0 bridgehead atoms. The Hall–Kier alpha value is -1.66. The van der Waals surface area contributed by atoms with Crippen LogP contribution in [0.15, 0.2) is 23.2 Å². The minimum absolute atomic E-state index is 0.0217. The maximum Gasteiger partial charge on any atom is 0.123 e. The number of hydrogen-bond acceptors (Lipinski definition) is 5. The summed E-state index contributed by atoms with van der Waals surface area (Å²) in [6.07, 6.45) is 0.291. The Morgan fingerprint density at radius 1 is 1.64 bits per heavy atom. The zero-order valence-corrected chi connectivity index (χ0v) is 13.4. The van der Waals surface area contributed by atoms with Crippen LogP contribution in [0.5, 0.6) is 5.75 Å². The molecular weight excluding hydrogens is 307 g/mol. The van der Waals surface area contributed by atoms with E-state index in [1.807, 2.05) is 6.92 Å². The number of benzene rings is 1. The molecule has 3 N–H and O–H groups in total.